The molecule has 122 valence electrons. The van der Waals surface area contributed by atoms with Crippen molar-refractivity contribution in [1.29, 1.82) is 0 Å². The smallest absolute Gasteiger partial charge is 0.279 e. The Balaban J connectivity index is 2.78. The number of hydrogen-bond donors (Lipinski definition) is 3. The summed E-state index contributed by atoms with van der Waals surface area (Å²) >= 11 is 0. The molecule has 0 aromatic carbocycles. The number of rotatable bonds is 7. The highest BCUT2D eigenvalue weighted by atomic mass is 16.5. The zero-order valence-corrected chi connectivity index (χ0v) is 13.2. The van der Waals surface area contributed by atoms with Crippen molar-refractivity contribution in [2.24, 2.45) is 5.16 Å². The van der Waals surface area contributed by atoms with Crippen molar-refractivity contribution >= 4 is 11.6 Å². The number of nitrogens with one attached hydrogen (secondary N) is 2. The number of ether oxygens (including phenoxy) is 1. The summed E-state index contributed by atoms with van der Waals surface area (Å²) < 4.78 is 5.78. The number of H-pyrrole nitrogens is 1. The molecule has 1 heterocycles. The van der Waals surface area contributed by atoms with Gasteiger partial charge in [-0.15, -0.1) is 10.2 Å². The highest BCUT2D eigenvalue weighted by Crippen LogP contribution is 2.12. The number of hydrogen-bond acceptors (Lipinski definition) is 7. The molecule has 0 radical (unpaired) electrons. The van der Waals surface area contributed by atoms with Crippen molar-refractivity contribution in [3.63, 3.8) is 0 Å². The first-order valence-corrected chi connectivity index (χ1v) is 6.97. The van der Waals surface area contributed by atoms with Gasteiger partial charge in [0.1, 0.15) is 6.23 Å². The number of carbonyl (C=O) groups excluding carboxylic acids is 1. The van der Waals surface area contributed by atoms with Crippen LogP contribution in [0.1, 0.15) is 46.4 Å². The number of oxime groups is 1. The lowest BCUT2D eigenvalue weighted by atomic mass is 10.2. The van der Waals surface area contributed by atoms with Crippen molar-refractivity contribution in [1.82, 2.24) is 25.9 Å². The quantitative estimate of drug-likeness (QED) is 0.227. The Kier molecular flexibility index (Phi) is 6.64. The minimum absolute atomic E-state index is 0.0985. The molecule has 0 bridgehead atoms. The lowest BCUT2D eigenvalue weighted by molar-refractivity contribution is -0.124. The third-order valence-corrected chi connectivity index (χ3v) is 2.41. The number of carbonyl (C=O) groups is 1. The molecule has 1 rings (SSSR count). The normalized spacial score (nSPS) is 14.3. The number of tetrazole rings is 1. The highest BCUT2D eigenvalue weighted by Gasteiger charge is 2.25. The second-order valence-corrected chi connectivity index (χ2v) is 5.49. The average Bonchev–Trinajstić information content (AvgIpc) is 2.91. The fourth-order valence-electron chi connectivity index (χ4n) is 1.62. The second kappa shape index (κ2) is 8.23. The van der Waals surface area contributed by atoms with Crippen LogP contribution in [0.5, 0.6) is 0 Å². The van der Waals surface area contributed by atoms with Gasteiger partial charge in [0.2, 0.25) is 11.5 Å². The van der Waals surface area contributed by atoms with Crippen LogP contribution in [-0.4, -0.2) is 49.3 Å². The van der Waals surface area contributed by atoms with E-state index in [2.05, 4.69) is 31.1 Å². The molecule has 0 saturated carbocycles. The van der Waals surface area contributed by atoms with Gasteiger partial charge in [-0.05, 0) is 32.4 Å². The Morgan fingerprint density at radius 1 is 1.50 bits per heavy atom. The summed E-state index contributed by atoms with van der Waals surface area (Å²) in [6.07, 6.45) is 4.70. The number of aromatic amines is 1. The van der Waals surface area contributed by atoms with E-state index in [0.717, 1.165) is 6.42 Å². The molecule has 0 aliphatic carbocycles. The minimum atomic E-state index is -0.650. The van der Waals surface area contributed by atoms with Crippen LogP contribution in [0.15, 0.2) is 17.3 Å². The lowest BCUT2D eigenvalue weighted by Gasteiger charge is -2.27. The third-order valence-electron chi connectivity index (χ3n) is 2.41. The summed E-state index contributed by atoms with van der Waals surface area (Å²) in [6, 6.07) is 0. The fourth-order valence-corrected chi connectivity index (χ4v) is 1.62. The molecule has 0 aliphatic rings. The molecule has 0 fully saturated rings. The number of aromatic nitrogens is 4. The summed E-state index contributed by atoms with van der Waals surface area (Å²) in [5.41, 5.74) is -0.781. The monoisotopic (exact) mass is 310 g/mol. The first-order chi connectivity index (χ1) is 10.4. The van der Waals surface area contributed by atoms with E-state index in [1.54, 1.807) is 0 Å². The summed E-state index contributed by atoms with van der Waals surface area (Å²) in [4.78, 5) is 12.2. The van der Waals surface area contributed by atoms with Crippen LogP contribution >= 0.6 is 0 Å². The van der Waals surface area contributed by atoms with Crippen LogP contribution < -0.4 is 5.32 Å². The lowest BCUT2D eigenvalue weighted by Crippen LogP contribution is -2.44. The summed E-state index contributed by atoms with van der Waals surface area (Å²) in [7, 11) is 0. The predicted octanol–water partition coefficient (Wildman–Crippen LogP) is 0.992. The Morgan fingerprint density at radius 2 is 2.23 bits per heavy atom. The molecular formula is C13H22N6O3. The van der Waals surface area contributed by atoms with Crippen LogP contribution in [0.4, 0.5) is 0 Å². The molecule has 1 unspecified atom stereocenters. The maximum absolute atomic E-state index is 12.2. The van der Waals surface area contributed by atoms with E-state index in [9.17, 15) is 4.79 Å². The van der Waals surface area contributed by atoms with Crippen molar-refractivity contribution in [2.45, 2.75) is 52.4 Å². The zero-order valence-electron chi connectivity index (χ0n) is 13.2. The Morgan fingerprint density at radius 3 is 2.73 bits per heavy atom. The van der Waals surface area contributed by atoms with E-state index in [1.165, 1.54) is 0 Å². The second-order valence-electron chi connectivity index (χ2n) is 5.49. The first-order valence-electron chi connectivity index (χ1n) is 6.97. The highest BCUT2D eigenvalue weighted by molar-refractivity contribution is 6.44. The maximum Gasteiger partial charge on any atom is 0.279 e. The van der Waals surface area contributed by atoms with Crippen LogP contribution in [0.3, 0.4) is 0 Å². The molecule has 22 heavy (non-hydrogen) atoms. The third kappa shape index (κ3) is 6.00. The first kappa shape index (κ1) is 17.8. The van der Waals surface area contributed by atoms with Gasteiger partial charge in [0.25, 0.3) is 5.91 Å². The van der Waals surface area contributed by atoms with Gasteiger partial charge in [0, 0.05) is 6.42 Å². The molecular weight excluding hydrogens is 288 g/mol. The van der Waals surface area contributed by atoms with Crippen LogP contribution in [0, 0.1) is 0 Å². The Hall–Kier alpha value is -2.29. The molecule has 1 amide bonds. The number of nitrogens with zero attached hydrogens (tertiary/aromatic N) is 4. The van der Waals surface area contributed by atoms with Gasteiger partial charge in [-0.25, -0.2) is 0 Å². The molecule has 9 heteroatoms. The van der Waals surface area contributed by atoms with Crippen LogP contribution in [-0.2, 0) is 9.53 Å². The number of allylic oxidation sites excluding steroid dienone is 1. The topological polar surface area (TPSA) is 125 Å². The van der Waals surface area contributed by atoms with Crippen molar-refractivity contribution in [3.8, 4) is 0 Å². The predicted molar refractivity (Wildman–Crippen MR) is 79.3 cm³/mol. The molecule has 1 aromatic heterocycles. The molecule has 9 nitrogen and oxygen atoms in total. The van der Waals surface area contributed by atoms with Gasteiger partial charge >= 0.3 is 0 Å². The summed E-state index contributed by atoms with van der Waals surface area (Å²) in [5.74, 6) is -0.748. The number of amides is 1. The van der Waals surface area contributed by atoms with Gasteiger partial charge < -0.3 is 15.3 Å². The summed E-state index contributed by atoms with van der Waals surface area (Å²) in [5, 5.41) is 27.3. The van der Waals surface area contributed by atoms with Gasteiger partial charge in [0.05, 0.1) is 5.60 Å². The van der Waals surface area contributed by atoms with Gasteiger partial charge in [-0.2, -0.15) is 5.21 Å². The molecule has 0 aliphatic heterocycles. The maximum atomic E-state index is 12.2. The Labute approximate surface area is 128 Å². The Bertz CT molecular complexity index is 518. The van der Waals surface area contributed by atoms with Crippen molar-refractivity contribution < 1.29 is 14.7 Å². The van der Waals surface area contributed by atoms with Crippen molar-refractivity contribution in [3.05, 3.63) is 18.0 Å². The average molecular weight is 310 g/mol. The van der Waals surface area contributed by atoms with Crippen LogP contribution in [0.2, 0.25) is 0 Å². The largest absolute Gasteiger partial charge is 0.410 e. The minimum Gasteiger partial charge on any atom is -0.410 e. The van der Waals surface area contributed by atoms with E-state index in [4.69, 9.17) is 9.94 Å². The van der Waals surface area contributed by atoms with E-state index in [1.807, 2.05) is 39.8 Å². The summed E-state index contributed by atoms with van der Waals surface area (Å²) in [6.45, 7) is 7.67. The van der Waals surface area contributed by atoms with E-state index in [0.29, 0.717) is 6.42 Å². The SMILES string of the molecule is CC/C=C\CC(NC(=O)/C(=N/O)c1nn[nH]n1)OC(C)(C)C. The van der Waals surface area contributed by atoms with E-state index in [-0.39, 0.29) is 11.5 Å². The van der Waals surface area contributed by atoms with Gasteiger partial charge in [0.15, 0.2) is 0 Å². The van der Waals surface area contributed by atoms with Gasteiger partial charge in [-0.1, -0.05) is 24.2 Å². The fraction of sp³-hybridized carbons (Fsp3) is 0.615. The molecule has 0 spiro atoms. The molecule has 1 atom stereocenters. The molecule has 1 aromatic rings. The molecule has 0 saturated heterocycles. The molecule has 3 N–H and O–H groups in total. The van der Waals surface area contributed by atoms with Crippen LogP contribution in [0.25, 0.3) is 0 Å². The van der Waals surface area contributed by atoms with Crippen molar-refractivity contribution in [2.75, 3.05) is 0 Å². The van der Waals surface area contributed by atoms with E-state index >= 15 is 0 Å². The van der Waals surface area contributed by atoms with E-state index < -0.39 is 17.7 Å². The standard InChI is InChI=1S/C13H22N6O3/c1-5-6-7-8-9(22-13(2,3)4)14-12(20)10(17-21)11-15-18-19-16-11/h6-7,9,21H,5,8H2,1-4H3,(H,14,20)(H,15,16,18,19)/b7-6-,17-10+. The van der Waals surface area contributed by atoms with Gasteiger partial charge in [-0.3, -0.25) is 4.79 Å². The zero-order chi connectivity index (χ0) is 16.6.